The molecule has 6 nitrogen and oxygen atoms in total. The first-order valence-electron chi connectivity index (χ1n) is 11.3. The van der Waals surface area contributed by atoms with Gasteiger partial charge in [0.2, 0.25) is 0 Å². The largest absolute Gasteiger partial charge is 0.430 e. The van der Waals surface area contributed by atoms with E-state index in [4.69, 9.17) is 16.3 Å². The van der Waals surface area contributed by atoms with Gasteiger partial charge in [-0.2, -0.15) is 0 Å². The van der Waals surface area contributed by atoms with Gasteiger partial charge >= 0.3 is 6.09 Å². The number of nitrogens with zero attached hydrogens (tertiary/aromatic N) is 2. The van der Waals surface area contributed by atoms with E-state index in [2.05, 4.69) is 0 Å². The van der Waals surface area contributed by atoms with Crippen molar-refractivity contribution in [3.63, 3.8) is 0 Å². The maximum Gasteiger partial charge on any atom is 0.411 e. The van der Waals surface area contributed by atoms with Crippen molar-refractivity contribution in [3.05, 3.63) is 65.4 Å². The molecule has 1 aliphatic rings. The van der Waals surface area contributed by atoms with Crippen LogP contribution in [-0.2, 0) is 27.6 Å². The molecule has 0 saturated heterocycles. The highest BCUT2D eigenvalue weighted by atomic mass is 35.5. The fraction of sp³-hybridized carbons (Fsp3) is 0.400. The first kappa shape index (κ1) is 23.6. The van der Waals surface area contributed by atoms with Crippen LogP contribution in [0.25, 0.3) is 10.9 Å². The monoisotopic (exact) mass is 488 g/mol. The summed E-state index contributed by atoms with van der Waals surface area (Å²) in [5, 5.41) is 0.906. The number of hydrogen-bond donors (Lipinski definition) is 0. The van der Waals surface area contributed by atoms with Gasteiger partial charge in [-0.3, -0.25) is 0 Å². The highest BCUT2D eigenvalue weighted by Crippen LogP contribution is 2.33. The maximum atomic E-state index is 13.3. The lowest BCUT2D eigenvalue weighted by Gasteiger charge is -2.35. The molecule has 1 heterocycles. The van der Waals surface area contributed by atoms with Crippen LogP contribution in [0.4, 0.5) is 4.79 Å². The van der Waals surface area contributed by atoms with E-state index in [1.165, 1.54) is 9.54 Å². The summed E-state index contributed by atoms with van der Waals surface area (Å²) in [6.45, 7) is 6.16. The van der Waals surface area contributed by atoms with Gasteiger partial charge in [0.15, 0.2) is 5.56 Å². The number of aryl methyl sites for hydroxylation is 2. The highest BCUT2D eigenvalue weighted by molar-refractivity contribution is 7.90. The second-order valence-corrected chi connectivity index (χ2v) is 11.0. The maximum absolute atomic E-state index is 13.3. The van der Waals surface area contributed by atoms with Gasteiger partial charge in [-0.05, 0) is 74.9 Å². The van der Waals surface area contributed by atoms with Crippen molar-refractivity contribution >= 4 is 38.6 Å². The molecule has 4 rings (SSSR count). The number of hydrogen-bond acceptors (Lipinski definition) is 4. The number of carbonyl (C=O) groups excluding carboxylic acids is 1. The Labute approximate surface area is 200 Å². The lowest BCUT2D eigenvalue weighted by molar-refractivity contribution is 0.0769. The van der Waals surface area contributed by atoms with Gasteiger partial charge in [-0.15, -0.1) is 0 Å². The fourth-order valence-electron chi connectivity index (χ4n) is 4.60. The molecular weight excluding hydrogens is 460 g/mol. The third kappa shape index (κ3) is 4.62. The quantitative estimate of drug-likeness (QED) is 0.431. The van der Waals surface area contributed by atoms with Gasteiger partial charge in [-0.1, -0.05) is 42.3 Å². The fourth-order valence-corrected chi connectivity index (χ4v) is 6.03. The second kappa shape index (κ2) is 9.39. The summed E-state index contributed by atoms with van der Waals surface area (Å²) >= 11 is 5.89. The van der Waals surface area contributed by atoms with Crippen molar-refractivity contribution in [3.8, 4) is 0 Å². The van der Waals surface area contributed by atoms with Gasteiger partial charge < -0.3 is 9.64 Å². The van der Waals surface area contributed by atoms with Gasteiger partial charge in [0.1, 0.15) is 0 Å². The van der Waals surface area contributed by atoms with Gasteiger partial charge in [0.05, 0.1) is 10.4 Å². The van der Waals surface area contributed by atoms with Crippen LogP contribution in [0, 0.1) is 6.92 Å². The molecule has 0 saturated carbocycles. The predicted octanol–water partition coefficient (Wildman–Crippen LogP) is 5.48. The summed E-state index contributed by atoms with van der Waals surface area (Å²) in [7, 11) is -3.71. The molecule has 0 bridgehead atoms. The molecular formula is C25H29ClN2O4S. The lowest BCUT2D eigenvalue weighted by Crippen LogP contribution is -2.44. The van der Waals surface area contributed by atoms with Crippen LogP contribution >= 0.6 is 11.6 Å². The summed E-state index contributed by atoms with van der Waals surface area (Å²) in [4.78, 5) is 14.7. The number of rotatable bonds is 6. The molecule has 1 amide bonds. The third-order valence-corrected chi connectivity index (χ3v) is 8.01. The van der Waals surface area contributed by atoms with Gasteiger partial charge in [-0.25, -0.2) is 17.2 Å². The Balaban J connectivity index is 1.70. The van der Waals surface area contributed by atoms with Crippen LogP contribution in [0.1, 0.15) is 43.4 Å². The summed E-state index contributed by atoms with van der Waals surface area (Å²) in [5.41, 5.74) is 3.24. The summed E-state index contributed by atoms with van der Waals surface area (Å²) in [6.07, 6.45) is 4.32. The first-order valence-corrected chi connectivity index (χ1v) is 13.2. The molecule has 176 valence electrons. The second-order valence-electron chi connectivity index (χ2n) is 8.58. The minimum absolute atomic E-state index is 0.0250. The Hall–Kier alpha value is -2.51. The molecule has 1 unspecified atom stereocenters. The molecule has 8 heteroatoms. The minimum atomic E-state index is -3.71. The highest BCUT2D eigenvalue weighted by Gasteiger charge is 2.30. The number of benzene rings is 2. The Morgan fingerprint density at radius 2 is 1.94 bits per heavy atom. The van der Waals surface area contributed by atoms with E-state index in [-0.39, 0.29) is 10.9 Å². The summed E-state index contributed by atoms with van der Waals surface area (Å²) in [5.74, 6) is 0. The SMILES string of the molecule is CCCN(C(=O)OC(C)Cl)[C@@H]1CCc2ccc3c(ccn3S(=O)(=O)c3ccc(C)cc3)c2C1. The molecule has 33 heavy (non-hydrogen) atoms. The van der Waals surface area contributed by atoms with Crippen molar-refractivity contribution in [1.29, 1.82) is 0 Å². The zero-order valence-electron chi connectivity index (χ0n) is 19.1. The molecule has 3 aromatic rings. The minimum Gasteiger partial charge on any atom is -0.430 e. The summed E-state index contributed by atoms with van der Waals surface area (Å²) < 4.78 is 33.3. The van der Waals surface area contributed by atoms with Gasteiger partial charge in [0, 0.05) is 24.2 Å². The molecule has 0 fully saturated rings. The number of amides is 1. The average molecular weight is 489 g/mol. The Kier molecular flexibility index (Phi) is 6.73. The number of aromatic nitrogens is 1. The Morgan fingerprint density at radius 1 is 1.21 bits per heavy atom. The van der Waals surface area contributed by atoms with Crippen molar-refractivity contribution < 1.29 is 17.9 Å². The van der Waals surface area contributed by atoms with Crippen LogP contribution in [0.15, 0.2) is 53.6 Å². The zero-order chi connectivity index (χ0) is 23.8. The molecule has 2 aromatic carbocycles. The molecule has 0 spiro atoms. The number of ether oxygens (including phenoxy) is 1. The summed E-state index contributed by atoms with van der Waals surface area (Å²) in [6, 6.07) is 12.6. The number of fused-ring (bicyclic) bond motifs is 3. The Morgan fingerprint density at radius 3 is 2.61 bits per heavy atom. The van der Waals surface area contributed by atoms with E-state index in [0.717, 1.165) is 35.8 Å². The number of halogens is 1. The number of alkyl halides is 1. The van der Waals surface area contributed by atoms with Crippen LogP contribution in [0.3, 0.4) is 0 Å². The van der Waals surface area contributed by atoms with E-state index in [1.807, 2.05) is 32.0 Å². The van der Waals surface area contributed by atoms with Crippen LogP contribution < -0.4 is 0 Å². The van der Waals surface area contributed by atoms with Crippen molar-refractivity contribution in [2.24, 2.45) is 0 Å². The van der Waals surface area contributed by atoms with Crippen molar-refractivity contribution in [1.82, 2.24) is 8.87 Å². The number of carbonyl (C=O) groups is 1. The van der Waals surface area contributed by atoms with E-state index < -0.39 is 21.7 Å². The topological polar surface area (TPSA) is 68.6 Å². The van der Waals surface area contributed by atoms with E-state index in [0.29, 0.717) is 18.5 Å². The normalized spacial score (nSPS) is 16.9. The van der Waals surface area contributed by atoms with Gasteiger partial charge in [0.25, 0.3) is 10.0 Å². The standard InChI is InChI=1S/C25H29ClN2O4S/c1-4-14-27(25(29)32-18(3)26)20-9-7-19-8-12-24-22(23(19)16-20)13-15-28(24)33(30,31)21-10-5-17(2)6-11-21/h5-6,8,10-13,15,18,20H,4,7,9,14,16H2,1-3H3/t18?,20-/m1/s1. The molecule has 1 aromatic heterocycles. The van der Waals surface area contributed by atoms with Crippen LogP contribution in [0.5, 0.6) is 0 Å². The molecule has 0 aliphatic heterocycles. The van der Waals surface area contributed by atoms with Crippen LogP contribution in [-0.4, -0.2) is 41.5 Å². The zero-order valence-corrected chi connectivity index (χ0v) is 20.7. The average Bonchev–Trinajstić information content (AvgIpc) is 3.22. The third-order valence-electron chi connectivity index (χ3n) is 6.21. The van der Waals surface area contributed by atoms with E-state index in [9.17, 15) is 13.2 Å². The lowest BCUT2D eigenvalue weighted by atomic mass is 9.85. The van der Waals surface area contributed by atoms with Crippen LogP contribution in [0.2, 0.25) is 0 Å². The van der Waals surface area contributed by atoms with Crippen molar-refractivity contribution in [2.75, 3.05) is 6.54 Å². The van der Waals surface area contributed by atoms with E-state index in [1.54, 1.807) is 42.3 Å². The Bertz CT molecular complexity index is 1270. The smallest absolute Gasteiger partial charge is 0.411 e. The molecule has 2 atom stereocenters. The molecule has 0 N–H and O–H groups in total. The first-order chi connectivity index (χ1) is 15.7. The molecule has 0 radical (unpaired) electrons. The predicted molar refractivity (Wildman–Crippen MR) is 130 cm³/mol. The van der Waals surface area contributed by atoms with E-state index >= 15 is 0 Å². The van der Waals surface area contributed by atoms with Crippen molar-refractivity contribution in [2.45, 2.75) is 63.0 Å². The molecule has 1 aliphatic carbocycles.